The lowest BCUT2D eigenvalue weighted by Gasteiger charge is -2.03. The van der Waals surface area contributed by atoms with Gasteiger partial charge in [0.05, 0.1) is 6.20 Å². The number of anilines is 1. The van der Waals surface area contributed by atoms with E-state index in [9.17, 15) is 13.6 Å². The van der Waals surface area contributed by atoms with Crippen molar-refractivity contribution in [2.75, 3.05) is 5.32 Å². The van der Waals surface area contributed by atoms with E-state index in [1.54, 1.807) is 0 Å². The van der Waals surface area contributed by atoms with Crippen molar-refractivity contribution < 1.29 is 13.6 Å². The Balaban J connectivity index is 2.14. The highest BCUT2D eigenvalue weighted by Gasteiger charge is 2.07. The van der Waals surface area contributed by atoms with Crippen LogP contribution in [0.3, 0.4) is 0 Å². The summed E-state index contributed by atoms with van der Waals surface area (Å²) in [5.74, 6) is -1.28. The molecule has 1 aromatic heterocycles. The molecule has 0 radical (unpaired) electrons. The number of rotatable bonds is 2. The minimum absolute atomic E-state index is 0.177. The molecule has 0 unspecified atom stereocenters. The molecule has 1 amide bonds. The molecule has 0 fully saturated rings. The van der Waals surface area contributed by atoms with Gasteiger partial charge in [0.1, 0.15) is 17.5 Å². The first-order valence-electron chi connectivity index (χ1n) is 4.83. The van der Waals surface area contributed by atoms with Gasteiger partial charge in [0, 0.05) is 5.56 Å². The molecule has 0 saturated heterocycles. The normalized spacial score (nSPS) is 10.0. The van der Waals surface area contributed by atoms with Gasteiger partial charge in [-0.3, -0.25) is 4.79 Å². The predicted octanol–water partition coefficient (Wildman–Crippen LogP) is 2.61. The summed E-state index contributed by atoms with van der Waals surface area (Å²) in [6.45, 7) is 0. The molecule has 0 spiro atoms. The summed E-state index contributed by atoms with van der Waals surface area (Å²) < 4.78 is 25.4. The standard InChI is InChI=1S/C12H8F2N2O/c13-9-3-1-2-8(6-9)12(17)16-11-5-4-10(14)7-15-11/h1-7H,(H,15,16,17). The summed E-state index contributed by atoms with van der Waals surface area (Å²) in [5.41, 5.74) is 0.177. The summed E-state index contributed by atoms with van der Waals surface area (Å²) in [7, 11) is 0. The Bertz CT molecular complexity index is 540. The number of carbonyl (C=O) groups excluding carboxylic acids is 1. The Kier molecular flexibility index (Phi) is 3.09. The van der Waals surface area contributed by atoms with E-state index < -0.39 is 17.5 Å². The number of aromatic nitrogens is 1. The molecule has 3 nitrogen and oxygen atoms in total. The van der Waals surface area contributed by atoms with Crippen LogP contribution in [0.25, 0.3) is 0 Å². The van der Waals surface area contributed by atoms with Gasteiger partial charge in [0.15, 0.2) is 0 Å². The second kappa shape index (κ2) is 4.69. The molecule has 0 saturated carbocycles. The van der Waals surface area contributed by atoms with Gasteiger partial charge in [-0.05, 0) is 30.3 Å². The lowest BCUT2D eigenvalue weighted by atomic mass is 10.2. The number of carbonyl (C=O) groups is 1. The highest BCUT2D eigenvalue weighted by atomic mass is 19.1. The van der Waals surface area contributed by atoms with E-state index in [0.29, 0.717) is 0 Å². The monoisotopic (exact) mass is 234 g/mol. The molecule has 17 heavy (non-hydrogen) atoms. The molecule has 1 heterocycles. The smallest absolute Gasteiger partial charge is 0.256 e. The number of hydrogen-bond acceptors (Lipinski definition) is 2. The van der Waals surface area contributed by atoms with Crippen LogP contribution in [0.2, 0.25) is 0 Å². The number of hydrogen-bond donors (Lipinski definition) is 1. The minimum Gasteiger partial charge on any atom is -0.307 e. The lowest BCUT2D eigenvalue weighted by molar-refractivity contribution is 0.102. The fraction of sp³-hybridized carbons (Fsp3) is 0. The van der Waals surface area contributed by atoms with Crippen molar-refractivity contribution in [3.63, 3.8) is 0 Å². The molecule has 2 rings (SSSR count). The van der Waals surface area contributed by atoms with Crippen molar-refractivity contribution in [1.29, 1.82) is 0 Å². The van der Waals surface area contributed by atoms with Gasteiger partial charge in [-0.2, -0.15) is 0 Å². The van der Waals surface area contributed by atoms with Gasteiger partial charge in [-0.15, -0.1) is 0 Å². The minimum atomic E-state index is -0.497. The van der Waals surface area contributed by atoms with Crippen LogP contribution in [0.4, 0.5) is 14.6 Å². The van der Waals surface area contributed by atoms with Crippen molar-refractivity contribution in [3.05, 3.63) is 59.8 Å². The van der Waals surface area contributed by atoms with E-state index in [1.165, 1.54) is 30.3 Å². The predicted molar refractivity (Wildman–Crippen MR) is 58.5 cm³/mol. The number of benzene rings is 1. The van der Waals surface area contributed by atoms with Crippen LogP contribution in [0.5, 0.6) is 0 Å². The Morgan fingerprint density at radius 2 is 1.94 bits per heavy atom. The maximum absolute atomic E-state index is 12.9. The maximum Gasteiger partial charge on any atom is 0.256 e. The van der Waals surface area contributed by atoms with Crippen molar-refractivity contribution in [1.82, 2.24) is 4.98 Å². The average Bonchev–Trinajstić information content (AvgIpc) is 2.32. The quantitative estimate of drug-likeness (QED) is 0.867. The molecule has 0 aliphatic heterocycles. The Labute approximate surface area is 96.1 Å². The van der Waals surface area contributed by atoms with Crippen LogP contribution in [-0.2, 0) is 0 Å². The van der Waals surface area contributed by atoms with Crippen LogP contribution in [0.15, 0.2) is 42.6 Å². The fourth-order valence-electron chi connectivity index (χ4n) is 1.27. The number of amides is 1. The molecular weight excluding hydrogens is 226 g/mol. The van der Waals surface area contributed by atoms with Crippen LogP contribution in [0, 0.1) is 11.6 Å². The van der Waals surface area contributed by atoms with Crippen molar-refractivity contribution in [2.24, 2.45) is 0 Å². The van der Waals surface area contributed by atoms with Gasteiger partial charge >= 0.3 is 0 Å². The van der Waals surface area contributed by atoms with Gasteiger partial charge in [0.25, 0.3) is 5.91 Å². The molecule has 0 bridgehead atoms. The van der Waals surface area contributed by atoms with Gasteiger partial charge < -0.3 is 5.32 Å². The SMILES string of the molecule is O=C(Nc1ccc(F)cn1)c1cccc(F)c1. The summed E-state index contributed by atoms with van der Waals surface area (Å²) in [5, 5.41) is 2.43. The van der Waals surface area contributed by atoms with E-state index in [0.717, 1.165) is 12.3 Å². The topological polar surface area (TPSA) is 42.0 Å². The first kappa shape index (κ1) is 11.2. The molecule has 86 valence electrons. The van der Waals surface area contributed by atoms with E-state index >= 15 is 0 Å². The zero-order valence-electron chi connectivity index (χ0n) is 8.65. The van der Waals surface area contributed by atoms with E-state index in [2.05, 4.69) is 10.3 Å². The van der Waals surface area contributed by atoms with E-state index in [-0.39, 0.29) is 11.4 Å². The van der Waals surface area contributed by atoms with E-state index in [1.807, 2.05) is 0 Å². The molecule has 0 aliphatic rings. The summed E-state index contributed by atoms with van der Waals surface area (Å²) in [6, 6.07) is 7.76. The van der Waals surface area contributed by atoms with Crippen molar-refractivity contribution in [2.45, 2.75) is 0 Å². The molecular formula is C12H8F2N2O. The number of halogens is 2. The zero-order chi connectivity index (χ0) is 12.3. The number of nitrogens with zero attached hydrogens (tertiary/aromatic N) is 1. The largest absolute Gasteiger partial charge is 0.307 e. The summed E-state index contributed by atoms with van der Waals surface area (Å²) in [6.07, 6.45) is 0.987. The van der Waals surface area contributed by atoms with E-state index in [4.69, 9.17) is 0 Å². The Hall–Kier alpha value is -2.30. The highest BCUT2D eigenvalue weighted by Crippen LogP contribution is 2.08. The van der Waals surface area contributed by atoms with Crippen molar-refractivity contribution in [3.8, 4) is 0 Å². The first-order valence-corrected chi connectivity index (χ1v) is 4.83. The fourth-order valence-corrected chi connectivity index (χ4v) is 1.27. The molecule has 0 atom stereocenters. The number of nitrogens with one attached hydrogen (secondary N) is 1. The van der Waals surface area contributed by atoms with Crippen LogP contribution >= 0.6 is 0 Å². The second-order valence-corrected chi connectivity index (χ2v) is 3.33. The zero-order valence-corrected chi connectivity index (χ0v) is 8.65. The lowest BCUT2D eigenvalue weighted by Crippen LogP contribution is -2.13. The summed E-state index contributed by atoms with van der Waals surface area (Å²) >= 11 is 0. The number of pyridine rings is 1. The summed E-state index contributed by atoms with van der Waals surface area (Å²) in [4.78, 5) is 15.3. The van der Waals surface area contributed by atoms with Crippen LogP contribution < -0.4 is 5.32 Å². The van der Waals surface area contributed by atoms with Gasteiger partial charge in [0.2, 0.25) is 0 Å². The highest BCUT2D eigenvalue weighted by molar-refractivity contribution is 6.03. The Morgan fingerprint density at radius 3 is 2.59 bits per heavy atom. The van der Waals surface area contributed by atoms with Crippen LogP contribution in [-0.4, -0.2) is 10.9 Å². The van der Waals surface area contributed by atoms with Crippen molar-refractivity contribution >= 4 is 11.7 Å². The second-order valence-electron chi connectivity index (χ2n) is 3.33. The third-order valence-corrected chi connectivity index (χ3v) is 2.06. The van der Waals surface area contributed by atoms with Crippen LogP contribution in [0.1, 0.15) is 10.4 Å². The molecule has 0 aliphatic carbocycles. The molecule has 2 aromatic rings. The first-order chi connectivity index (χ1) is 8.15. The third kappa shape index (κ3) is 2.84. The molecule has 1 aromatic carbocycles. The maximum atomic E-state index is 12.9. The third-order valence-electron chi connectivity index (χ3n) is 2.06. The molecule has 1 N–H and O–H groups in total. The Morgan fingerprint density at radius 1 is 1.12 bits per heavy atom. The average molecular weight is 234 g/mol. The molecule has 5 heteroatoms. The van der Waals surface area contributed by atoms with Gasteiger partial charge in [-0.1, -0.05) is 6.07 Å². The van der Waals surface area contributed by atoms with Gasteiger partial charge in [-0.25, -0.2) is 13.8 Å².